The number of sulfonamides is 1. The zero-order chi connectivity index (χ0) is 14.8. The van der Waals surface area contributed by atoms with Crippen LogP contribution in [0.15, 0.2) is 34.1 Å². The molecule has 0 heterocycles. The average molecular weight is 326 g/mol. The number of rotatable bonds is 5. The highest BCUT2D eigenvalue weighted by Crippen LogP contribution is 2.26. The fourth-order valence-corrected chi connectivity index (χ4v) is 4.74. The average Bonchev–Trinajstić information content (AvgIpc) is 2.37. The highest BCUT2D eigenvalue weighted by Gasteiger charge is 2.30. The first-order valence-electron chi connectivity index (χ1n) is 5.47. The highest BCUT2D eigenvalue weighted by atomic mass is 35.5. The summed E-state index contributed by atoms with van der Waals surface area (Å²) in [7, 11) is -4.89. The van der Waals surface area contributed by atoms with Crippen molar-refractivity contribution in [2.75, 3.05) is 20.0 Å². The summed E-state index contributed by atoms with van der Waals surface area (Å²) in [6.45, 7) is 1.45. The van der Waals surface area contributed by atoms with Crippen molar-refractivity contribution in [1.29, 1.82) is 0 Å². The van der Waals surface area contributed by atoms with Crippen LogP contribution in [-0.2, 0) is 19.9 Å². The van der Waals surface area contributed by atoms with E-state index in [9.17, 15) is 16.8 Å². The van der Waals surface area contributed by atoms with Crippen molar-refractivity contribution >= 4 is 31.5 Å². The van der Waals surface area contributed by atoms with E-state index in [1.54, 1.807) is 0 Å². The third-order valence-corrected chi connectivity index (χ3v) is 7.50. The van der Waals surface area contributed by atoms with Gasteiger partial charge in [0.25, 0.3) is 0 Å². The summed E-state index contributed by atoms with van der Waals surface area (Å²) in [5.74, 6) is -0.0985. The van der Waals surface area contributed by atoms with Gasteiger partial charge in [-0.05, 0) is 19.1 Å². The lowest BCUT2D eigenvalue weighted by Gasteiger charge is -2.17. The fourth-order valence-electron chi connectivity index (χ4n) is 1.39. The maximum absolute atomic E-state index is 12.3. The van der Waals surface area contributed by atoms with Gasteiger partial charge in [0.2, 0.25) is 10.0 Å². The van der Waals surface area contributed by atoms with Crippen LogP contribution in [-0.4, -0.2) is 46.4 Å². The van der Waals surface area contributed by atoms with Crippen molar-refractivity contribution in [3.63, 3.8) is 0 Å². The van der Waals surface area contributed by atoms with Crippen molar-refractivity contribution in [3.05, 3.63) is 24.3 Å². The summed E-state index contributed by atoms with van der Waals surface area (Å²) in [5, 5.41) is -0.854. The zero-order valence-electron chi connectivity index (χ0n) is 10.9. The van der Waals surface area contributed by atoms with Gasteiger partial charge in [0.05, 0.1) is 10.1 Å². The summed E-state index contributed by atoms with van der Waals surface area (Å²) in [4.78, 5) is -0.436. The van der Waals surface area contributed by atoms with Gasteiger partial charge in [0.1, 0.15) is 4.90 Å². The molecule has 0 saturated carbocycles. The highest BCUT2D eigenvalue weighted by molar-refractivity contribution is 7.94. The van der Waals surface area contributed by atoms with Gasteiger partial charge in [-0.25, -0.2) is 21.1 Å². The summed E-state index contributed by atoms with van der Waals surface area (Å²) in [6.07, 6.45) is 0. The van der Waals surface area contributed by atoms with E-state index >= 15 is 0 Å². The minimum atomic E-state index is -3.82. The molecule has 0 aliphatic heterocycles. The van der Waals surface area contributed by atoms with Crippen LogP contribution in [0.5, 0.6) is 0 Å². The van der Waals surface area contributed by atoms with Gasteiger partial charge in [-0.2, -0.15) is 0 Å². The molecule has 0 radical (unpaired) electrons. The van der Waals surface area contributed by atoms with Gasteiger partial charge >= 0.3 is 0 Å². The van der Waals surface area contributed by atoms with E-state index in [0.717, 1.165) is 4.31 Å². The molecule has 1 rings (SSSR count). The van der Waals surface area contributed by atoms with Crippen LogP contribution < -0.4 is 0 Å². The molecule has 1 aromatic carbocycles. The Labute approximate surface area is 119 Å². The number of hydrogen-bond acceptors (Lipinski definition) is 4. The Hall–Kier alpha value is -0.630. The molecule has 0 bridgehead atoms. The SMILES string of the molecule is CC(CCl)S(=O)(=O)c1ccccc1S(=O)(=O)N(C)C. The largest absolute Gasteiger partial charge is 0.243 e. The number of benzene rings is 1. The second-order valence-corrected chi connectivity index (χ2v) is 9.01. The topological polar surface area (TPSA) is 71.5 Å². The molecule has 1 atom stereocenters. The number of nitrogens with zero attached hydrogens (tertiary/aromatic N) is 1. The maximum Gasteiger partial charge on any atom is 0.243 e. The fraction of sp³-hybridized carbons (Fsp3) is 0.455. The lowest BCUT2D eigenvalue weighted by molar-refractivity contribution is 0.516. The van der Waals surface area contributed by atoms with Crippen molar-refractivity contribution in [3.8, 4) is 0 Å². The number of hydrogen-bond donors (Lipinski definition) is 0. The number of alkyl halides is 1. The molecule has 0 amide bonds. The van der Waals surface area contributed by atoms with Gasteiger partial charge in [0.15, 0.2) is 9.84 Å². The van der Waals surface area contributed by atoms with Gasteiger partial charge < -0.3 is 0 Å². The smallest absolute Gasteiger partial charge is 0.223 e. The van der Waals surface area contributed by atoms with E-state index in [-0.39, 0.29) is 15.7 Å². The molecule has 19 heavy (non-hydrogen) atoms. The minimum absolute atomic E-state index is 0.0985. The third-order valence-electron chi connectivity index (χ3n) is 2.66. The first-order chi connectivity index (χ1) is 8.65. The van der Waals surface area contributed by atoms with E-state index in [2.05, 4.69) is 0 Å². The Morgan fingerprint density at radius 2 is 1.58 bits per heavy atom. The molecule has 0 fully saturated rings. The Kier molecular flexibility index (Phi) is 5.00. The van der Waals surface area contributed by atoms with Crippen LogP contribution in [0.2, 0.25) is 0 Å². The molecular weight excluding hydrogens is 310 g/mol. The molecule has 0 aromatic heterocycles. The van der Waals surface area contributed by atoms with Crippen molar-refractivity contribution in [2.24, 2.45) is 0 Å². The van der Waals surface area contributed by atoms with Crippen LogP contribution in [0, 0.1) is 0 Å². The first-order valence-corrected chi connectivity index (χ1v) is 8.99. The standard InChI is InChI=1S/C11H16ClNO4S2/c1-9(8-12)18(14,15)10-6-4-5-7-11(10)19(16,17)13(2)3/h4-7,9H,8H2,1-3H3. The van der Waals surface area contributed by atoms with E-state index in [4.69, 9.17) is 11.6 Å². The van der Waals surface area contributed by atoms with Crippen LogP contribution in [0.4, 0.5) is 0 Å². The summed E-state index contributed by atoms with van der Waals surface area (Å²) >= 11 is 5.58. The molecule has 0 spiro atoms. The molecule has 5 nitrogen and oxygen atoms in total. The Morgan fingerprint density at radius 3 is 2.00 bits per heavy atom. The van der Waals surface area contributed by atoms with E-state index in [1.165, 1.54) is 45.3 Å². The van der Waals surface area contributed by atoms with Crippen LogP contribution in [0.1, 0.15) is 6.92 Å². The van der Waals surface area contributed by atoms with E-state index in [0.29, 0.717) is 0 Å². The molecule has 1 aromatic rings. The molecular formula is C11H16ClNO4S2. The normalized spacial score (nSPS) is 14.6. The summed E-state index contributed by atoms with van der Waals surface area (Å²) in [5.41, 5.74) is 0. The molecule has 8 heteroatoms. The van der Waals surface area contributed by atoms with Crippen LogP contribution in [0.3, 0.4) is 0 Å². The Bertz CT molecular complexity index is 653. The lowest BCUT2D eigenvalue weighted by atomic mass is 10.4. The Morgan fingerprint density at radius 1 is 1.11 bits per heavy atom. The zero-order valence-corrected chi connectivity index (χ0v) is 13.3. The third kappa shape index (κ3) is 3.10. The summed E-state index contributed by atoms with van der Waals surface area (Å²) in [6, 6.07) is 5.54. The Balaban J connectivity index is 3.58. The van der Waals surface area contributed by atoms with E-state index in [1.807, 2.05) is 0 Å². The summed E-state index contributed by atoms with van der Waals surface area (Å²) < 4.78 is 49.8. The number of halogens is 1. The molecule has 0 N–H and O–H groups in total. The van der Waals surface area contributed by atoms with Crippen molar-refractivity contribution in [2.45, 2.75) is 22.0 Å². The number of sulfone groups is 1. The molecule has 0 aliphatic rings. The minimum Gasteiger partial charge on any atom is -0.223 e. The second kappa shape index (κ2) is 5.78. The van der Waals surface area contributed by atoms with E-state index < -0.39 is 25.1 Å². The van der Waals surface area contributed by atoms with Crippen molar-refractivity contribution in [1.82, 2.24) is 4.31 Å². The quantitative estimate of drug-likeness (QED) is 0.766. The maximum atomic E-state index is 12.3. The predicted octanol–water partition coefficient (Wildman–Crippen LogP) is 1.34. The molecule has 0 saturated heterocycles. The van der Waals surface area contributed by atoms with Gasteiger partial charge in [-0.3, -0.25) is 0 Å². The molecule has 0 aliphatic carbocycles. The molecule has 108 valence electrons. The predicted molar refractivity (Wildman–Crippen MR) is 74.7 cm³/mol. The first kappa shape index (κ1) is 16.4. The monoisotopic (exact) mass is 325 g/mol. The second-order valence-electron chi connectivity index (χ2n) is 4.24. The lowest BCUT2D eigenvalue weighted by Crippen LogP contribution is -2.27. The van der Waals surface area contributed by atoms with Crippen LogP contribution in [0.25, 0.3) is 0 Å². The van der Waals surface area contributed by atoms with Crippen LogP contribution >= 0.6 is 11.6 Å². The van der Waals surface area contributed by atoms with Crippen molar-refractivity contribution < 1.29 is 16.8 Å². The van der Waals surface area contributed by atoms with Gasteiger partial charge in [0, 0.05) is 20.0 Å². The molecule has 1 unspecified atom stereocenters. The van der Waals surface area contributed by atoms with Gasteiger partial charge in [-0.1, -0.05) is 12.1 Å². The van der Waals surface area contributed by atoms with Gasteiger partial charge in [-0.15, -0.1) is 11.6 Å².